The third-order valence-electron chi connectivity index (χ3n) is 3.58. The first-order valence-electron chi connectivity index (χ1n) is 7.08. The van der Waals surface area contributed by atoms with Crippen molar-refractivity contribution >= 4 is 11.6 Å². The van der Waals surface area contributed by atoms with E-state index < -0.39 is 0 Å². The minimum absolute atomic E-state index is 0.0866. The van der Waals surface area contributed by atoms with E-state index in [0.29, 0.717) is 12.6 Å². The number of benzene rings is 1. The Morgan fingerprint density at radius 2 is 2.33 bits per heavy atom. The predicted octanol–water partition coefficient (Wildman–Crippen LogP) is 1.21. The lowest BCUT2D eigenvalue weighted by Crippen LogP contribution is -2.26. The second kappa shape index (κ2) is 5.61. The van der Waals surface area contributed by atoms with Gasteiger partial charge in [-0.15, -0.1) is 5.10 Å². The van der Waals surface area contributed by atoms with Gasteiger partial charge in [-0.05, 0) is 35.4 Å². The summed E-state index contributed by atoms with van der Waals surface area (Å²) in [5.74, 6) is 0.433. The Bertz CT molecular complexity index is 648. The van der Waals surface area contributed by atoms with Crippen LogP contribution < -0.4 is 11.1 Å². The van der Waals surface area contributed by atoms with E-state index in [0.717, 1.165) is 29.9 Å². The second-order valence-corrected chi connectivity index (χ2v) is 5.39. The first-order chi connectivity index (χ1) is 10.2. The van der Waals surface area contributed by atoms with E-state index >= 15 is 0 Å². The molecule has 1 aliphatic rings. The van der Waals surface area contributed by atoms with Crippen LogP contribution in [-0.2, 0) is 4.79 Å². The maximum absolute atomic E-state index is 11.9. The van der Waals surface area contributed by atoms with Gasteiger partial charge >= 0.3 is 0 Å². The van der Waals surface area contributed by atoms with Gasteiger partial charge in [0, 0.05) is 23.7 Å². The standard InChI is InChI=1S/C14H18N6O/c1-9(8-15)14(21)16-11-4-2-3-10(7-11)13-17-18-19-20(13)12-5-6-12/h2-4,7,9,12H,5-6,8,15H2,1H3,(H,16,21). The summed E-state index contributed by atoms with van der Waals surface area (Å²) < 4.78 is 1.85. The van der Waals surface area contributed by atoms with Gasteiger partial charge in [0.2, 0.25) is 5.91 Å². The molecule has 1 aromatic heterocycles. The average Bonchev–Trinajstić information content (AvgIpc) is 3.23. The summed E-state index contributed by atoms with van der Waals surface area (Å²) in [6.07, 6.45) is 2.23. The number of nitrogens with two attached hydrogens (primary N) is 1. The van der Waals surface area contributed by atoms with Crippen LogP contribution in [0.1, 0.15) is 25.8 Å². The van der Waals surface area contributed by atoms with E-state index in [1.54, 1.807) is 6.92 Å². The monoisotopic (exact) mass is 286 g/mol. The minimum atomic E-state index is -0.217. The number of amides is 1. The van der Waals surface area contributed by atoms with Gasteiger partial charge in [-0.2, -0.15) is 0 Å². The Kier molecular flexibility index (Phi) is 3.66. The normalized spacial score (nSPS) is 15.7. The summed E-state index contributed by atoms with van der Waals surface area (Å²) in [6, 6.07) is 7.95. The van der Waals surface area contributed by atoms with Crippen LogP contribution in [-0.4, -0.2) is 32.7 Å². The predicted molar refractivity (Wildman–Crippen MR) is 78.4 cm³/mol. The van der Waals surface area contributed by atoms with Crippen LogP contribution in [0.5, 0.6) is 0 Å². The van der Waals surface area contributed by atoms with Crippen LogP contribution in [0.25, 0.3) is 11.4 Å². The van der Waals surface area contributed by atoms with Crippen molar-refractivity contribution in [1.82, 2.24) is 20.2 Å². The fourth-order valence-corrected chi connectivity index (χ4v) is 2.06. The molecule has 3 rings (SSSR count). The summed E-state index contributed by atoms with van der Waals surface area (Å²) in [6.45, 7) is 2.12. The molecular weight excluding hydrogens is 268 g/mol. The highest BCUT2D eigenvalue weighted by Crippen LogP contribution is 2.36. The molecule has 0 spiro atoms. The lowest BCUT2D eigenvalue weighted by molar-refractivity contribution is -0.119. The van der Waals surface area contributed by atoms with Gasteiger partial charge < -0.3 is 11.1 Å². The molecule has 7 nitrogen and oxygen atoms in total. The van der Waals surface area contributed by atoms with Gasteiger partial charge in [-0.3, -0.25) is 4.79 Å². The zero-order valence-corrected chi connectivity index (χ0v) is 11.9. The number of aromatic nitrogens is 4. The fraction of sp³-hybridized carbons (Fsp3) is 0.429. The summed E-state index contributed by atoms with van der Waals surface area (Å²) in [5, 5.41) is 14.7. The van der Waals surface area contributed by atoms with Gasteiger partial charge in [-0.1, -0.05) is 19.1 Å². The number of nitrogens with one attached hydrogen (secondary N) is 1. The van der Waals surface area contributed by atoms with E-state index in [9.17, 15) is 4.79 Å². The second-order valence-electron chi connectivity index (χ2n) is 5.39. The number of hydrogen-bond donors (Lipinski definition) is 2. The third kappa shape index (κ3) is 2.92. The Labute approximate surface area is 122 Å². The van der Waals surface area contributed by atoms with Crippen molar-refractivity contribution in [3.05, 3.63) is 24.3 Å². The van der Waals surface area contributed by atoms with Crippen molar-refractivity contribution in [3.63, 3.8) is 0 Å². The van der Waals surface area contributed by atoms with Crippen LogP contribution in [0.15, 0.2) is 24.3 Å². The number of carbonyl (C=O) groups is 1. The number of rotatable bonds is 5. The van der Waals surface area contributed by atoms with Crippen LogP contribution in [0.3, 0.4) is 0 Å². The topological polar surface area (TPSA) is 98.7 Å². The van der Waals surface area contributed by atoms with Crippen molar-refractivity contribution < 1.29 is 4.79 Å². The fourth-order valence-electron chi connectivity index (χ4n) is 2.06. The molecule has 1 atom stereocenters. The average molecular weight is 286 g/mol. The molecule has 1 aliphatic carbocycles. The molecule has 2 aromatic rings. The minimum Gasteiger partial charge on any atom is -0.330 e. The number of hydrogen-bond acceptors (Lipinski definition) is 5. The van der Waals surface area contributed by atoms with Crippen LogP contribution >= 0.6 is 0 Å². The van der Waals surface area contributed by atoms with Crippen molar-refractivity contribution in [2.75, 3.05) is 11.9 Å². The molecule has 1 fully saturated rings. The molecule has 1 heterocycles. The number of nitrogens with zero attached hydrogens (tertiary/aromatic N) is 4. The summed E-state index contributed by atoms with van der Waals surface area (Å²) in [5.41, 5.74) is 7.12. The van der Waals surface area contributed by atoms with Gasteiger partial charge in [0.05, 0.1) is 6.04 Å². The van der Waals surface area contributed by atoms with Crippen LogP contribution in [0.4, 0.5) is 5.69 Å². The van der Waals surface area contributed by atoms with E-state index in [4.69, 9.17) is 5.73 Å². The quantitative estimate of drug-likeness (QED) is 0.860. The maximum Gasteiger partial charge on any atom is 0.228 e. The Balaban J connectivity index is 1.83. The maximum atomic E-state index is 11.9. The van der Waals surface area contributed by atoms with Crippen LogP contribution in [0, 0.1) is 5.92 Å². The summed E-state index contributed by atoms with van der Waals surface area (Å²) in [4.78, 5) is 11.9. The molecule has 110 valence electrons. The first-order valence-corrected chi connectivity index (χ1v) is 7.08. The van der Waals surface area contributed by atoms with Gasteiger partial charge in [0.15, 0.2) is 5.82 Å². The van der Waals surface area contributed by atoms with Gasteiger partial charge in [0.25, 0.3) is 0 Å². The molecule has 0 radical (unpaired) electrons. The summed E-state index contributed by atoms with van der Waals surface area (Å²) >= 11 is 0. The van der Waals surface area contributed by atoms with Gasteiger partial charge in [0.1, 0.15) is 0 Å². The molecule has 1 aromatic carbocycles. The van der Waals surface area contributed by atoms with E-state index in [2.05, 4.69) is 20.8 Å². The Morgan fingerprint density at radius 1 is 1.52 bits per heavy atom. The van der Waals surface area contributed by atoms with E-state index in [-0.39, 0.29) is 11.8 Å². The molecule has 0 saturated heterocycles. The Morgan fingerprint density at radius 3 is 3.05 bits per heavy atom. The molecule has 1 amide bonds. The van der Waals surface area contributed by atoms with Gasteiger partial charge in [-0.25, -0.2) is 4.68 Å². The highest BCUT2D eigenvalue weighted by molar-refractivity contribution is 5.93. The number of anilines is 1. The zero-order valence-electron chi connectivity index (χ0n) is 11.9. The summed E-state index contributed by atoms with van der Waals surface area (Å²) in [7, 11) is 0. The SMILES string of the molecule is CC(CN)C(=O)Nc1cccc(-c2nnnn2C2CC2)c1. The van der Waals surface area contributed by atoms with E-state index in [1.807, 2.05) is 28.9 Å². The largest absolute Gasteiger partial charge is 0.330 e. The molecule has 21 heavy (non-hydrogen) atoms. The van der Waals surface area contributed by atoms with Crippen molar-refractivity contribution in [3.8, 4) is 11.4 Å². The smallest absolute Gasteiger partial charge is 0.228 e. The van der Waals surface area contributed by atoms with E-state index in [1.165, 1.54) is 0 Å². The van der Waals surface area contributed by atoms with Crippen molar-refractivity contribution in [2.24, 2.45) is 11.7 Å². The van der Waals surface area contributed by atoms with Crippen molar-refractivity contribution in [1.29, 1.82) is 0 Å². The third-order valence-corrected chi connectivity index (χ3v) is 3.58. The molecule has 0 bridgehead atoms. The highest BCUT2D eigenvalue weighted by Gasteiger charge is 2.28. The molecule has 1 saturated carbocycles. The molecule has 1 unspecified atom stereocenters. The Hall–Kier alpha value is -2.28. The zero-order chi connectivity index (χ0) is 14.8. The molecule has 0 aliphatic heterocycles. The lowest BCUT2D eigenvalue weighted by Gasteiger charge is -2.11. The highest BCUT2D eigenvalue weighted by atomic mass is 16.1. The number of carbonyl (C=O) groups excluding carboxylic acids is 1. The molecule has 7 heteroatoms. The molecular formula is C14H18N6O. The lowest BCUT2D eigenvalue weighted by atomic mass is 10.1. The first kappa shape index (κ1) is 13.7. The van der Waals surface area contributed by atoms with Crippen molar-refractivity contribution in [2.45, 2.75) is 25.8 Å². The number of tetrazole rings is 1. The molecule has 3 N–H and O–H groups in total. The van der Waals surface area contributed by atoms with Crippen LogP contribution in [0.2, 0.25) is 0 Å².